The number of rotatable bonds is 8. The summed E-state index contributed by atoms with van der Waals surface area (Å²) in [4.78, 5) is 17.0. The lowest BCUT2D eigenvalue weighted by molar-refractivity contribution is 0.0953. The number of nitrogens with one attached hydrogen (secondary N) is 1. The molecule has 1 saturated heterocycles. The van der Waals surface area contributed by atoms with E-state index < -0.39 is 10.0 Å². The van der Waals surface area contributed by atoms with Crippen LogP contribution in [-0.2, 0) is 16.4 Å². The van der Waals surface area contributed by atoms with Crippen molar-refractivity contribution in [3.8, 4) is 0 Å². The zero-order chi connectivity index (χ0) is 20.1. The maximum absolute atomic E-state index is 12.7. The molecule has 9 heteroatoms. The summed E-state index contributed by atoms with van der Waals surface area (Å²) < 4.78 is 26.9. The highest BCUT2D eigenvalue weighted by molar-refractivity contribution is 7.89. The number of halogens is 1. The summed E-state index contributed by atoms with van der Waals surface area (Å²) in [7, 11) is -3.58. The third-order valence-corrected chi connectivity index (χ3v) is 7.91. The number of aryl methyl sites for hydroxylation is 2. The highest BCUT2D eigenvalue weighted by atomic mass is 35.5. The van der Waals surface area contributed by atoms with E-state index in [1.807, 2.05) is 12.3 Å². The minimum atomic E-state index is -3.58. The molecule has 0 bridgehead atoms. The van der Waals surface area contributed by atoms with E-state index in [4.69, 9.17) is 11.6 Å². The van der Waals surface area contributed by atoms with Crippen LogP contribution in [0.15, 0.2) is 28.5 Å². The zero-order valence-corrected chi connectivity index (χ0v) is 18.2. The second kappa shape index (κ2) is 9.35. The number of aromatic nitrogens is 1. The van der Waals surface area contributed by atoms with Crippen molar-refractivity contribution in [3.05, 3.63) is 44.9 Å². The quantitative estimate of drug-likeness (QED) is 0.634. The molecule has 28 heavy (non-hydrogen) atoms. The van der Waals surface area contributed by atoms with Gasteiger partial charge in [0, 0.05) is 30.7 Å². The normalized spacial score (nSPS) is 15.1. The highest BCUT2D eigenvalue weighted by Crippen LogP contribution is 2.25. The number of sulfonamides is 1. The number of thiazole rings is 1. The molecule has 1 aliphatic rings. The maximum atomic E-state index is 12.7. The number of unbranched alkanes of at least 4 members (excludes halogenated alkanes) is 1. The first-order valence-electron chi connectivity index (χ1n) is 9.37. The molecule has 3 rings (SSSR count). The number of benzene rings is 1. The van der Waals surface area contributed by atoms with Crippen molar-refractivity contribution in [2.45, 2.75) is 43.9 Å². The van der Waals surface area contributed by atoms with Gasteiger partial charge in [0.25, 0.3) is 5.91 Å². The van der Waals surface area contributed by atoms with Gasteiger partial charge in [-0.05, 0) is 57.2 Å². The van der Waals surface area contributed by atoms with Crippen LogP contribution in [-0.4, -0.2) is 43.2 Å². The molecule has 2 aromatic rings. The van der Waals surface area contributed by atoms with Crippen molar-refractivity contribution in [2.75, 3.05) is 19.6 Å². The Bertz CT molecular complexity index is 938. The van der Waals surface area contributed by atoms with Crippen LogP contribution in [0.3, 0.4) is 0 Å². The number of hydrogen-bond acceptors (Lipinski definition) is 5. The molecule has 0 atom stereocenters. The summed E-state index contributed by atoms with van der Waals surface area (Å²) in [6.45, 7) is 3.51. The lowest BCUT2D eigenvalue weighted by Crippen LogP contribution is -2.29. The summed E-state index contributed by atoms with van der Waals surface area (Å²) in [5, 5.41) is 6.21. The number of carbonyl (C=O) groups excluding carboxylic acids is 1. The van der Waals surface area contributed by atoms with Gasteiger partial charge in [-0.25, -0.2) is 13.4 Å². The number of carbonyl (C=O) groups is 1. The zero-order valence-electron chi connectivity index (χ0n) is 15.8. The second-order valence-electron chi connectivity index (χ2n) is 6.85. The Hall–Kier alpha value is -1.48. The minimum Gasteiger partial charge on any atom is -0.352 e. The molecule has 2 heterocycles. The molecule has 1 N–H and O–H groups in total. The van der Waals surface area contributed by atoms with Gasteiger partial charge in [-0.3, -0.25) is 4.79 Å². The van der Waals surface area contributed by atoms with Crippen LogP contribution in [0.4, 0.5) is 0 Å². The number of amides is 1. The van der Waals surface area contributed by atoms with Crippen LogP contribution in [0.5, 0.6) is 0 Å². The Labute approximate surface area is 175 Å². The van der Waals surface area contributed by atoms with E-state index in [9.17, 15) is 13.2 Å². The molecular formula is C19H24ClN3O3S2. The maximum Gasteiger partial charge on any atom is 0.252 e. The molecule has 0 saturated carbocycles. The van der Waals surface area contributed by atoms with E-state index >= 15 is 0 Å². The summed E-state index contributed by atoms with van der Waals surface area (Å²) in [6.07, 6.45) is 4.35. The van der Waals surface area contributed by atoms with Crippen molar-refractivity contribution in [2.24, 2.45) is 0 Å². The first-order valence-corrected chi connectivity index (χ1v) is 12.1. The Morgan fingerprint density at radius 2 is 2.04 bits per heavy atom. The smallest absolute Gasteiger partial charge is 0.252 e. The largest absolute Gasteiger partial charge is 0.352 e. The predicted molar refractivity (Wildman–Crippen MR) is 112 cm³/mol. The summed E-state index contributed by atoms with van der Waals surface area (Å²) >= 11 is 7.80. The average Bonchev–Trinajstić information content (AvgIpc) is 3.33. The van der Waals surface area contributed by atoms with E-state index in [0.29, 0.717) is 19.6 Å². The topological polar surface area (TPSA) is 79.4 Å². The lowest BCUT2D eigenvalue weighted by atomic mass is 10.2. The average molecular weight is 442 g/mol. The van der Waals surface area contributed by atoms with Crippen LogP contribution < -0.4 is 5.32 Å². The first kappa shape index (κ1) is 21.2. The van der Waals surface area contributed by atoms with Crippen molar-refractivity contribution in [1.29, 1.82) is 0 Å². The molecular weight excluding hydrogens is 418 g/mol. The minimum absolute atomic E-state index is 0.114. The Morgan fingerprint density at radius 1 is 1.29 bits per heavy atom. The molecule has 0 radical (unpaired) electrons. The van der Waals surface area contributed by atoms with E-state index in [1.54, 1.807) is 11.3 Å². The van der Waals surface area contributed by atoms with Gasteiger partial charge in [0.1, 0.15) is 0 Å². The van der Waals surface area contributed by atoms with E-state index in [2.05, 4.69) is 10.3 Å². The molecule has 0 spiro atoms. The van der Waals surface area contributed by atoms with Gasteiger partial charge >= 0.3 is 0 Å². The Kier molecular flexibility index (Phi) is 7.09. The summed E-state index contributed by atoms with van der Waals surface area (Å²) in [6, 6.07) is 4.32. The standard InChI is InChI=1S/C19H24ClN3O3S2/c1-14-13-27-18(22-14)6-2-3-9-21-19(24)16-12-15(7-8-17(16)20)28(25,26)23-10-4-5-11-23/h7-8,12-13H,2-6,9-11H2,1H3,(H,21,24). The van der Waals surface area contributed by atoms with Gasteiger partial charge in [-0.2, -0.15) is 4.31 Å². The van der Waals surface area contributed by atoms with Crippen molar-refractivity contribution >= 4 is 38.9 Å². The van der Waals surface area contributed by atoms with Crippen LogP contribution in [0, 0.1) is 6.92 Å². The third kappa shape index (κ3) is 5.11. The van der Waals surface area contributed by atoms with E-state index in [1.165, 1.54) is 22.5 Å². The van der Waals surface area contributed by atoms with Gasteiger partial charge in [-0.15, -0.1) is 11.3 Å². The fraction of sp³-hybridized carbons (Fsp3) is 0.474. The van der Waals surface area contributed by atoms with Crippen molar-refractivity contribution in [1.82, 2.24) is 14.6 Å². The molecule has 1 fully saturated rings. The van der Waals surface area contributed by atoms with Gasteiger partial charge in [-0.1, -0.05) is 11.6 Å². The van der Waals surface area contributed by atoms with Crippen LogP contribution in [0.2, 0.25) is 5.02 Å². The molecule has 1 aliphatic heterocycles. The third-order valence-electron chi connectivity index (χ3n) is 4.65. The molecule has 152 valence electrons. The molecule has 0 aliphatic carbocycles. The highest BCUT2D eigenvalue weighted by Gasteiger charge is 2.28. The number of nitrogens with zero attached hydrogens (tertiary/aromatic N) is 2. The van der Waals surface area contributed by atoms with Gasteiger partial charge in [0.15, 0.2) is 0 Å². The fourth-order valence-corrected chi connectivity index (χ4v) is 5.70. The SMILES string of the molecule is Cc1csc(CCCCNC(=O)c2cc(S(=O)(=O)N3CCCC3)ccc2Cl)n1. The van der Waals surface area contributed by atoms with Gasteiger partial charge < -0.3 is 5.32 Å². The molecule has 0 unspecified atom stereocenters. The van der Waals surface area contributed by atoms with Gasteiger partial charge in [0.05, 0.1) is 20.5 Å². The molecule has 6 nitrogen and oxygen atoms in total. The monoisotopic (exact) mass is 441 g/mol. The Morgan fingerprint density at radius 3 is 2.71 bits per heavy atom. The van der Waals surface area contributed by atoms with Crippen molar-refractivity contribution in [3.63, 3.8) is 0 Å². The molecule has 1 amide bonds. The Balaban J connectivity index is 1.57. The second-order valence-corrected chi connectivity index (χ2v) is 10.1. The van der Waals surface area contributed by atoms with Crippen LogP contribution in [0.25, 0.3) is 0 Å². The number of hydrogen-bond donors (Lipinski definition) is 1. The predicted octanol–water partition coefficient (Wildman–Crippen LogP) is 3.64. The fourth-order valence-electron chi connectivity index (χ4n) is 3.13. The van der Waals surface area contributed by atoms with Gasteiger partial charge in [0.2, 0.25) is 10.0 Å². The first-order chi connectivity index (χ1) is 13.4. The lowest BCUT2D eigenvalue weighted by Gasteiger charge is -2.16. The summed E-state index contributed by atoms with van der Waals surface area (Å²) in [5.74, 6) is -0.353. The summed E-state index contributed by atoms with van der Waals surface area (Å²) in [5.41, 5.74) is 1.23. The molecule has 1 aromatic heterocycles. The van der Waals surface area contributed by atoms with Crippen LogP contribution >= 0.6 is 22.9 Å². The molecule has 1 aromatic carbocycles. The van der Waals surface area contributed by atoms with E-state index in [0.717, 1.165) is 42.8 Å². The van der Waals surface area contributed by atoms with E-state index in [-0.39, 0.29) is 21.4 Å². The van der Waals surface area contributed by atoms with Crippen LogP contribution in [0.1, 0.15) is 46.7 Å². The van der Waals surface area contributed by atoms with Crippen molar-refractivity contribution < 1.29 is 13.2 Å².